The molecule has 0 aliphatic carbocycles. The number of carbonyl (C=O) groups excluding carboxylic acids is 3. The minimum atomic E-state index is -0.447. The van der Waals surface area contributed by atoms with Gasteiger partial charge in [-0.3, -0.25) is 14.6 Å². The van der Waals surface area contributed by atoms with Gasteiger partial charge in [0.25, 0.3) is 0 Å². The number of aromatic nitrogens is 3. The lowest BCUT2D eigenvalue weighted by atomic mass is 9.94. The Labute approximate surface area is 266 Å². The number of benzene rings is 1. The molecule has 4 aromatic rings. The van der Waals surface area contributed by atoms with Gasteiger partial charge in [0.05, 0.1) is 17.4 Å². The number of anilines is 3. The first-order valence-electron chi connectivity index (χ1n) is 15.6. The summed E-state index contributed by atoms with van der Waals surface area (Å²) in [6.45, 7) is 3.33. The molecule has 1 atom stereocenters. The van der Waals surface area contributed by atoms with E-state index in [1.54, 1.807) is 55.0 Å². The second-order valence-electron chi connectivity index (χ2n) is 12.1. The minimum absolute atomic E-state index is 0.0142. The largest absolute Gasteiger partial charge is 0.452 e. The third-order valence-corrected chi connectivity index (χ3v) is 9.11. The van der Waals surface area contributed by atoms with Crippen molar-refractivity contribution in [3.05, 3.63) is 78.1 Å². The van der Waals surface area contributed by atoms with Crippen LogP contribution in [-0.4, -0.2) is 76.4 Å². The summed E-state index contributed by atoms with van der Waals surface area (Å²) in [5.74, 6) is 0.610. The van der Waals surface area contributed by atoms with Gasteiger partial charge in [0.15, 0.2) is 5.76 Å². The van der Waals surface area contributed by atoms with Gasteiger partial charge in [-0.15, -0.1) is 0 Å². The number of ketones is 1. The molecular formula is C34H36N8O4. The Bertz CT molecular complexity index is 1840. The van der Waals surface area contributed by atoms with Crippen molar-refractivity contribution in [2.75, 3.05) is 48.8 Å². The molecule has 46 heavy (non-hydrogen) atoms. The zero-order valence-corrected chi connectivity index (χ0v) is 25.8. The summed E-state index contributed by atoms with van der Waals surface area (Å²) in [6.07, 6.45) is 11.2. The summed E-state index contributed by atoms with van der Waals surface area (Å²) in [5, 5.41) is 9.75. The van der Waals surface area contributed by atoms with Crippen molar-refractivity contribution >= 4 is 51.9 Å². The number of likely N-dealkylation sites (N-methyl/N-ethyl adjacent to an activating group) is 1. The van der Waals surface area contributed by atoms with Crippen LogP contribution in [0.25, 0.3) is 17.1 Å². The molecule has 0 radical (unpaired) electrons. The molecule has 2 saturated heterocycles. The third kappa shape index (κ3) is 5.67. The number of Topliss-reactive ketones (excluding diaryl/α,β-unsaturated/α-hetero) is 1. The molecule has 3 aromatic heterocycles. The van der Waals surface area contributed by atoms with Crippen LogP contribution in [0, 0.1) is 5.92 Å². The predicted molar refractivity (Wildman–Crippen MR) is 176 cm³/mol. The van der Waals surface area contributed by atoms with Crippen molar-refractivity contribution in [2.24, 2.45) is 13.0 Å². The number of pyridine rings is 2. The number of piperidine rings is 1. The van der Waals surface area contributed by atoms with Crippen molar-refractivity contribution < 1.29 is 19.1 Å². The van der Waals surface area contributed by atoms with Gasteiger partial charge in [-0.05, 0) is 68.3 Å². The Kier molecular flexibility index (Phi) is 7.87. The van der Waals surface area contributed by atoms with E-state index < -0.39 is 6.03 Å². The summed E-state index contributed by atoms with van der Waals surface area (Å²) in [7, 11) is 3.87. The van der Waals surface area contributed by atoms with E-state index in [2.05, 4.69) is 30.8 Å². The van der Waals surface area contributed by atoms with Gasteiger partial charge >= 0.3 is 6.03 Å². The second-order valence-corrected chi connectivity index (χ2v) is 12.1. The molecule has 0 saturated carbocycles. The van der Waals surface area contributed by atoms with Gasteiger partial charge in [0.2, 0.25) is 11.7 Å². The fraction of sp³-hybridized carbons (Fsp3) is 0.324. The van der Waals surface area contributed by atoms with Gasteiger partial charge < -0.3 is 35.1 Å². The second kappa shape index (κ2) is 12.3. The molecule has 0 spiro atoms. The first-order valence-corrected chi connectivity index (χ1v) is 15.6. The average Bonchev–Trinajstić information content (AvgIpc) is 3.80. The van der Waals surface area contributed by atoms with Gasteiger partial charge in [-0.1, -0.05) is 0 Å². The van der Waals surface area contributed by atoms with Crippen molar-refractivity contribution in [3.63, 3.8) is 0 Å². The van der Waals surface area contributed by atoms with Crippen LogP contribution >= 0.6 is 0 Å². The number of carbonyl (C=O) groups is 3. The molecule has 7 rings (SSSR count). The normalized spacial score (nSPS) is 18.9. The van der Waals surface area contributed by atoms with Crippen LogP contribution in [0.5, 0.6) is 5.75 Å². The highest BCUT2D eigenvalue weighted by Crippen LogP contribution is 2.37. The van der Waals surface area contributed by atoms with E-state index in [9.17, 15) is 14.4 Å². The molecule has 12 nitrogen and oxygen atoms in total. The maximum atomic E-state index is 13.5. The standard InChI is InChI=1S/C34H36N8O4/c1-40-20-22(16-29-31(43)26-17-23(5-6-28(26)46-29)38-34(45)39-24-4-3-11-35-18-24)30-27(8-13-37-32(30)40)42-14-9-21(10-15-42)33(44)41(2)25-7-12-36-19-25/h3-6,8,11,13,16-18,20-21,25,36H,7,9-10,12,14-15,19H2,1-2H3,(H2,38,39,45)/b29-16-/t25-/m1/s1. The summed E-state index contributed by atoms with van der Waals surface area (Å²) < 4.78 is 7.96. The van der Waals surface area contributed by atoms with Crippen molar-refractivity contribution in [1.82, 2.24) is 24.8 Å². The number of hydrogen-bond donors (Lipinski definition) is 3. The molecule has 3 N–H and O–H groups in total. The highest BCUT2D eigenvalue weighted by Gasteiger charge is 2.33. The van der Waals surface area contributed by atoms with E-state index in [-0.39, 0.29) is 29.4 Å². The fourth-order valence-electron chi connectivity index (χ4n) is 6.64. The Morgan fingerprint density at radius 2 is 1.91 bits per heavy atom. The van der Waals surface area contributed by atoms with Crippen LogP contribution in [0.3, 0.4) is 0 Å². The van der Waals surface area contributed by atoms with Crippen LogP contribution in [0.4, 0.5) is 21.9 Å². The third-order valence-electron chi connectivity index (χ3n) is 9.11. The Hall–Kier alpha value is -5.23. The van der Waals surface area contributed by atoms with E-state index in [0.717, 1.165) is 67.7 Å². The van der Waals surface area contributed by atoms with Gasteiger partial charge in [0.1, 0.15) is 11.4 Å². The quantitative estimate of drug-likeness (QED) is 0.272. The summed E-state index contributed by atoms with van der Waals surface area (Å²) in [6, 6.07) is 10.3. The molecule has 3 aliphatic rings. The maximum Gasteiger partial charge on any atom is 0.323 e. The highest BCUT2D eigenvalue weighted by molar-refractivity contribution is 6.16. The van der Waals surface area contributed by atoms with E-state index in [0.29, 0.717) is 22.7 Å². The van der Waals surface area contributed by atoms with Crippen molar-refractivity contribution in [2.45, 2.75) is 25.3 Å². The zero-order valence-electron chi connectivity index (χ0n) is 25.8. The fourth-order valence-corrected chi connectivity index (χ4v) is 6.64. The number of allylic oxidation sites excluding steroid dienone is 1. The van der Waals surface area contributed by atoms with Gasteiger partial charge in [-0.25, -0.2) is 9.78 Å². The number of rotatable bonds is 6. The van der Waals surface area contributed by atoms with Crippen molar-refractivity contribution in [1.29, 1.82) is 0 Å². The monoisotopic (exact) mass is 620 g/mol. The number of hydrogen-bond acceptors (Lipinski definition) is 8. The lowest BCUT2D eigenvalue weighted by Gasteiger charge is -2.36. The Morgan fingerprint density at radius 1 is 1.09 bits per heavy atom. The molecule has 0 bridgehead atoms. The smallest absolute Gasteiger partial charge is 0.323 e. The highest BCUT2D eigenvalue weighted by atomic mass is 16.5. The number of nitrogens with one attached hydrogen (secondary N) is 3. The summed E-state index contributed by atoms with van der Waals surface area (Å²) >= 11 is 0. The first-order chi connectivity index (χ1) is 22.4. The first kappa shape index (κ1) is 29.5. The molecule has 3 amide bonds. The number of ether oxygens (including phenoxy) is 1. The number of aryl methyl sites for hydroxylation is 1. The molecule has 12 heteroatoms. The van der Waals surface area contributed by atoms with Gasteiger partial charge in [-0.2, -0.15) is 0 Å². The Balaban J connectivity index is 1.08. The molecule has 0 unspecified atom stereocenters. The van der Waals surface area contributed by atoms with E-state index in [4.69, 9.17) is 4.74 Å². The minimum Gasteiger partial charge on any atom is -0.452 e. The van der Waals surface area contributed by atoms with Crippen LogP contribution in [0.2, 0.25) is 0 Å². The van der Waals surface area contributed by atoms with Gasteiger partial charge in [0, 0.05) is 86.6 Å². The SMILES string of the molecule is CN(C(=O)C1CCN(c2ccnc3c2c(/C=C2\Oc4ccc(NC(=O)Nc5cccnc5)cc4C2=O)cn3C)CC1)[C@@H]1CCNC1. The van der Waals surface area contributed by atoms with E-state index in [1.165, 1.54) is 0 Å². The van der Waals surface area contributed by atoms with Crippen LogP contribution in [-0.2, 0) is 11.8 Å². The van der Waals surface area contributed by atoms with Crippen LogP contribution in [0.1, 0.15) is 35.2 Å². The average molecular weight is 621 g/mol. The number of nitrogens with zero attached hydrogens (tertiary/aromatic N) is 5. The maximum absolute atomic E-state index is 13.5. The van der Waals surface area contributed by atoms with Crippen LogP contribution in [0.15, 0.2) is 66.9 Å². The molecule has 2 fully saturated rings. The van der Waals surface area contributed by atoms with Crippen molar-refractivity contribution in [3.8, 4) is 5.75 Å². The molecule has 6 heterocycles. The van der Waals surface area contributed by atoms with E-state index >= 15 is 0 Å². The van der Waals surface area contributed by atoms with E-state index in [1.807, 2.05) is 35.8 Å². The lowest BCUT2D eigenvalue weighted by Crippen LogP contribution is -2.45. The lowest BCUT2D eigenvalue weighted by molar-refractivity contribution is -0.136. The molecule has 236 valence electrons. The number of amides is 3. The number of fused-ring (bicyclic) bond motifs is 2. The topological polar surface area (TPSA) is 134 Å². The summed E-state index contributed by atoms with van der Waals surface area (Å²) in [4.78, 5) is 52.1. The predicted octanol–water partition coefficient (Wildman–Crippen LogP) is 4.27. The summed E-state index contributed by atoms with van der Waals surface area (Å²) in [5.41, 5.74) is 4.02. The molecule has 3 aliphatic heterocycles. The molecule has 1 aromatic carbocycles. The zero-order chi connectivity index (χ0) is 31.8. The van der Waals surface area contributed by atoms with Crippen LogP contribution < -0.4 is 25.6 Å². The molecular weight excluding hydrogens is 584 g/mol. The number of urea groups is 1. The Morgan fingerprint density at radius 3 is 2.67 bits per heavy atom.